The average molecular weight is 329 g/mol. The Labute approximate surface area is 137 Å². The molecule has 2 N–H and O–H groups in total. The second kappa shape index (κ2) is 6.15. The summed E-state index contributed by atoms with van der Waals surface area (Å²) in [4.78, 5) is 33.4. The summed E-state index contributed by atoms with van der Waals surface area (Å²) < 4.78 is 4.89. The topological polar surface area (TPSA) is 114 Å². The molecule has 1 atom stereocenters. The normalized spacial score (nSPS) is 14.5. The van der Waals surface area contributed by atoms with Crippen molar-refractivity contribution in [2.75, 3.05) is 5.32 Å². The van der Waals surface area contributed by atoms with Gasteiger partial charge in [0.1, 0.15) is 4.92 Å². The molecule has 0 radical (unpaired) electrons. The molecular weight excluding hydrogens is 314 g/mol. The summed E-state index contributed by atoms with van der Waals surface area (Å²) in [5, 5.41) is 16.1. The van der Waals surface area contributed by atoms with E-state index in [9.17, 15) is 19.7 Å². The quantitative estimate of drug-likeness (QED) is 0.661. The van der Waals surface area contributed by atoms with Crippen molar-refractivity contribution in [2.24, 2.45) is 0 Å². The summed E-state index contributed by atoms with van der Waals surface area (Å²) in [6.07, 6.45) is 1.09. The van der Waals surface area contributed by atoms with Crippen molar-refractivity contribution >= 4 is 23.4 Å². The van der Waals surface area contributed by atoms with Crippen molar-refractivity contribution in [2.45, 2.75) is 25.8 Å². The number of carbonyl (C=O) groups is 2. The SMILES string of the molecule is CC(NC(=O)c1ccc([N+](=O)[O-])o1)c1ccc2c(c1)CCC(=O)N2. The molecule has 0 saturated heterocycles. The molecule has 124 valence electrons. The van der Waals surface area contributed by atoms with Crippen LogP contribution in [0, 0.1) is 10.1 Å². The van der Waals surface area contributed by atoms with Gasteiger partial charge in [0.25, 0.3) is 5.91 Å². The highest BCUT2D eigenvalue weighted by Gasteiger charge is 2.20. The molecular formula is C16H15N3O5. The molecule has 1 aliphatic heterocycles. The molecule has 2 heterocycles. The molecule has 1 aromatic heterocycles. The van der Waals surface area contributed by atoms with Crippen molar-refractivity contribution in [1.82, 2.24) is 5.32 Å². The van der Waals surface area contributed by atoms with Crippen LogP contribution in [0.4, 0.5) is 11.6 Å². The maximum absolute atomic E-state index is 12.1. The average Bonchev–Trinajstić information content (AvgIpc) is 3.04. The van der Waals surface area contributed by atoms with Crippen molar-refractivity contribution in [1.29, 1.82) is 0 Å². The van der Waals surface area contributed by atoms with E-state index in [1.807, 2.05) is 18.2 Å². The summed E-state index contributed by atoms with van der Waals surface area (Å²) in [5.41, 5.74) is 2.68. The van der Waals surface area contributed by atoms with Gasteiger partial charge >= 0.3 is 5.88 Å². The van der Waals surface area contributed by atoms with Gasteiger partial charge < -0.3 is 15.1 Å². The lowest BCUT2D eigenvalue weighted by molar-refractivity contribution is -0.402. The molecule has 3 rings (SSSR count). The van der Waals surface area contributed by atoms with Crippen molar-refractivity contribution in [3.8, 4) is 0 Å². The summed E-state index contributed by atoms with van der Waals surface area (Å²) in [7, 11) is 0. The Morgan fingerprint density at radius 2 is 2.12 bits per heavy atom. The van der Waals surface area contributed by atoms with Gasteiger partial charge in [-0.3, -0.25) is 19.7 Å². The molecule has 8 nitrogen and oxygen atoms in total. The van der Waals surface area contributed by atoms with Gasteiger partial charge in [-0.05, 0) is 36.6 Å². The third-order valence-corrected chi connectivity index (χ3v) is 3.87. The number of rotatable bonds is 4. The number of anilines is 1. The first-order valence-electron chi connectivity index (χ1n) is 7.42. The fourth-order valence-corrected chi connectivity index (χ4v) is 2.57. The lowest BCUT2D eigenvalue weighted by atomic mass is 9.98. The second-order valence-corrected chi connectivity index (χ2v) is 5.55. The number of furan rings is 1. The van der Waals surface area contributed by atoms with Crippen LogP contribution in [0.3, 0.4) is 0 Å². The van der Waals surface area contributed by atoms with Crippen LogP contribution in [0.25, 0.3) is 0 Å². The number of nitro groups is 1. The first kappa shape index (κ1) is 15.7. The van der Waals surface area contributed by atoms with E-state index in [-0.39, 0.29) is 17.7 Å². The third-order valence-electron chi connectivity index (χ3n) is 3.87. The first-order chi connectivity index (χ1) is 11.4. The summed E-state index contributed by atoms with van der Waals surface area (Å²) in [5.74, 6) is -1.12. The second-order valence-electron chi connectivity index (χ2n) is 5.55. The Morgan fingerprint density at radius 1 is 1.33 bits per heavy atom. The highest BCUT2D eigenvalue weighted by molar-refractivity contribution is 5.94. The van der Waals surface area contributed by atoms with Gasteiger partial charge in [-0.15, -0.1) is 0 Å². The largest absolute Gasteiger partial charge is 0.433 e. The Balaban J connectivity index is 1.72. The fraction of sp³-hybridized carbons (Fsp3) is 0.250. The smallest absolute Gasteiger partial charge is 0.395 e. The molecule has 1 aromatic carbocycles. The maximum Gasteiger partial charge on any atom is 0.433 e. The fourth-order valence-electron chi connectivity index (χ4n) is 2.57. The summed E-state index contributed by atoms with van der Waals surface area (Å²) in [6, 6.07) is 7.65. The van der Waals surface area contributed by atoms with E-state index >= 15 is 0 Å². The monoisotopic (exact) mass is 329 g/mol. The number of fused-ring (bicyclic) bond motifs is 1. The van der Waals surface area contributed by atoms with E-state index in [4.69, 9.17) is 4.42 Å². The van der Waals surface area contributed by atoms with Gasteiger partial charge in [0.05, 0.1) is 12.1 Å². The Kier molecular flexibility index (Phi) is 4.03. The molecule has 0 fully saturated rings. The molecule has 2 amide bonds. The minimum Gasteiger partial charge on any atom is -0.395 e. The maximum atomic E-state index is 12.1. The Hall–Kier alpha value is -3.16. The summed E-state index contributed by atoms with van der Waals surface area (Å²) >= 11 is 0. The zero-order valence-electron chi connectivity index (χ0n) is 12.9. The predicted molar refractivity (Wildman–Crippen MR) is 84.6 cm³/mol. The van der Waals surface area contributed by atoms with Crippen LogP contribution >= 0.6 is 0 Å². The highest BCUT2D eigenvalue weighted by atomic mass is 16.6. The number of nitrogens with one attached hydrogen (secondary N) is 2. The lowest BCUT2D eigenvalue weighted by Gasteiger charge is -2.20. The van der Waals surface area contributed by atoms with E-state index in [2.05, 4.69) is 10.6 Å². The number of amides is 2. The van der Waals surface area contributed by atoms with E-state index in [0.717, 1.165) is 22.9 Å². The molecule has 0 saturated carbocycles. The highest BCUT2D eigenvalue weighted by Crippen LogP contribution is 2.26. The molecule has 0 spiro atoms. The van der Waals surface area contributed by atoms with Crippen LogP contribution in [-0.2, 0) is 11.2 Å². The van der Waals surface area contributed by atoms with E-state index in [1.54, 1.807) is 6.92 Å². The van der Waals surface area contributed by atoms with Crippen LogP contribution in [0.5, 0.6) is 0 Å². The number of nitrogens with zero attached hydrogens (tertiary/aromatic N) is 1. The molecule has 1 aliphatic rings. The number of hydrogen-bond donors (Lipinski definition) is 2. The van der Waals surface area contributed by atoms with Crippen molar-refractivity contribution in [3.05, 3.63) is 57.3 Å². The summed E-state index contributed by atoms with van der Waals surface area (Å²) in [6.45, 7) is 1.80. The zero-order valence-corrected chi connectivity index (χ0v) is 12.9. The Morgan fingerprint density at radius 3 is 2.83 bits per heavy atom. The lowest BCUT2D eigenvalue weighted by Crippen LogP contribution is -2.26. The Bertz CT molecular complexity index is 827. The van der Waals surface area contributed by atoms with Gasteiger partial charge in [0.2, 0.25) is 5.91 Å². The minimum absolute atomic E-state index is 0.00369. The van der Waals surface area contributed by atoms with Crippen LogP contribution in [0.1, 0.15) is 41.1 Å². The first-order valence-corrected chi connectivity index (χ1v) is 7.42. The van der Waals surface area contributed by atoms with Gasteiger partial charge in [-0.25, -0.2) is 0 Å². The van der Waals surface area contributed by atoms with E-state index in [1.165, 1.54) is 6.07 Å². The molecule has 8 heteroatoms. The van der Waals surface area contributed by atoms with E-state index < -0.39 is 16.7 Å². The predicted octanol–water partition coefficient (Wildman–Crippen LogP) is 2.56. The molecule has 0 aliphatic carbocycles. The van der Waals surface area contributed by atoms with Gasteiger partial charge in [-0.2, -0.15) is 0 Å². The number of aryl methyl sites for hydroxylation is 1. The van der Waals surface area contributed by atoms with Crippen LogP contribution < -0.4 is 10.6 Å². The van der Waals surface area contributed by atoms with Gasteiger partial charge in [0, 0.05) is 12.1 Å². The van der Waals surface area contributed by atoms with Crippen LogP contribution in [0.15, 0.2) is 34.7 Å². The third kappa shape index (κ3) is 3.12. The van der Waals surface area contributed by atoms with Gasteiger partial charge in [-0.1, -0.05) is 12.1 Å². The van der Waals surface area contributed by atoms with Crippen LogP contribution in [-0.4, -0.2) is 16.7 Å². The zero-order chi connectivity index (χ0) is 17.3. The molecule has 0 bridgehead atoms. The van der Waals surface area contributed by atoms with Gasteiger partial charge in [0.15, 0.2) is 5.76 Å². The molecule has 1 unspecified atom stereocenters. The molecule has 2 aromatic rings. The number of benzene rings is 1. The standard InChI is InChI=1S/C16H15N3O5/c1-9(17-16(21)13-5-7-15(24-13)19(22)23)10-2-4-12-11(8-10)3-6-14(20)18-12/h2,4-5,7-9H,3,6H2,1H3,(H,17,21)(H,18,20). The van der Waals surface area contributed by atoms with E-state index in [0.29, 0.717) is 12.8 Å². The minimum atomic E-state index is -0.696. The number of carbonyl (C=O) groups excluding carboxylic acids is 2. The van der Waals surface area contributed by atoms with Crippen LogP contribution in [0.2, 0.25) is 0 Å². The number of hydrogen-bond acceptors (Lipinski definition) is 5. The van der Waals surface area contributed by atoms with Crippen molar-refractivity contribution in [3.63, 3.8) is 0 Å². The molecule has 24 heavy (non-hydrogen) atoms. The van der Waals surface area contributed by atoms with Crippen molar-refractivity contribution < 1.29 is 18.9 Å².